The van der Waals surface area contributed by atoms with Crippen LogP contribution < -0.4 is 15.5 Å². The minimum atomic E-state index is -0.933. The molecule has 1 aliphatic heterocycles. The molecule has 11 nitrogen and oxygen atoms in total. The molecule has 2 aromatic carbocycles. The average Bonchev–Trinajstić information content (AvgIpc) is 3.48. The van der Waals surface area contributed by atoms with Gasteiger partial charge < -0.3 is 30.0 Å². The van der Waals surface area contributed by atoms with Gasteiger partial charge in [0, 0.05) is 66.8 Å². The second-order valence-corrected chi connectivity index (χ2v) is 13.3. The summed E-state index contributed by atoms with van der Waals surface area (Å²) >= 11 is 0. The minimum absolute atomic E-state index is 0.257. The van der Waals surface area contributed by atoms with Crippen LogP contribution in [0.1, 0.15) is 50.5 Å². The maximum Gasteiger partial charge on any atom is 0.407 e. The number of rotatable bonds is 10. The average molecular weight is 652 g/mol. The maximum atomic E-state index is 13.1. The maximum absolute atomic E-state index is 13.1. The second-order valence-electron chi connectivity index (χ2n) is 13.3. The highest BCUT2D eigenvalue weighted by Crippen LogP contribution is 2.29. The van der Waals surface area contributed by atoms with Gasteiger partial charge in [-0.15, -0.1) is 0 Å². The zero-order chi connectivity index (χ0) is 34.4. The van der Waals surface area contributed by atoms with E-state index in [-0.39, 0.29) is 5.56 Å². The summed E-state index contributed by atoms with van der Waals surface area (Å²) in [4.78, 5) is 38.8. The normalized spacial score (nSPS) is 15.1. The number of nitrogens with one attached hydrogen (secondary N) is 3. The number of methoxy groups -OCH3 is 1. The van der Waals surface area contributed by atoms with Gasteiger partial charge in [-0.2, -0.15) is 5.26 Å². The molecule has 0 radical (unpaired) electrons. The Morgan fingerprint density at radius 1 is 1.04 bits per heavy atom. The smallest absolute Gasteiger partial charge is 0.407 e. The van der Waals surface area contributed by atoms with Gasteiger partial charge in [-0.05, 0) is 82.5 Å². The summed E-state index contributed by atoms with van der Waals surface area (Å²) in [6.07, 6.45) is 3.37. The van der Waals surface area contributed by atoms with E-state index in [0.717, 1.165) is 59.6 Å². The standard InChI is InChI=1S/C37H45N7O4/c1-24(2)43-15-17-44(18-16-43)34-14-12-26(22-40-34)25-11-13-31(29(19-25)35(45)47-6)41-33(21-38)32(42-36(46)48-37(3,4)5)20-27-23-39-30-10-8-7-9-28(27)30/h7-14,19,22-24,32-33,39,41H,15-18,20H2,1-6H3,(H,42,46). The zero-order valence-electron chi connectivity index (χ0n) is 28.5. The third kappa shape index (κ3) is 8.25. The number of fused-ring (bicyclic) bond motifs is 1. The molecular weight excluding hydrogens is 606 g/mol. The van der Waals surface area contributed by atoms with E-state index in [1.807, 2.05) is 54.9 Å². The zero-order valence-corrected chi connectivity index (χ0v) is 28.5. The Hall–Kier alpha value is -5.08. The van der Waals surface area contributed by atoms with Crippen molar-refractivity contribution in [2.75, 3.05) is 43.5 Å². The molecule has 0 saturated carbocycles. The van der Waals surface area contributed by atoms with Crippen molar-refractivity contribution in [1.82, 2.24) is 20.2 Å². The first kappa shape index (κ1) is 34.3. The third-order valence-electron chi connectivity index (χ3n) is 8.54. The Labute approximate surface area is 282 Å². The fourth-order valence-electron chi connectivity index (χ4n) is 5.98. The molecule has 0 bridgehead atoms. The number of amides is 1. The van der Waals surface area contributed by atoms with Crippen LogP contribution in [0.2, 0.25) is 0 Å². The molecule has 3 N–H and O–H groups in total. The number of carbonyl (C=O) groups is 2. The molecule has 1 saturated heterocycles. The SMILES string of the molecule is COC(=O)c1cc(-c2ccc(N3CCN(C(C)C)CC3)nc2)ccc1NC(C#N)C(Cc1c[nH]c2ccccc12)NC(=O)OC(C)(C)C. The molecule has 48 heavy (non-hydrogen) atoms. The van der Waals surface area contributed by atoms with Crippen LogP contribution in [0.5, 0.6) is 0 Å². The first-order valence-corrected chi connectivity index (χ1v) is 16.3. The van der Waals surface area contributed by atoms with Crippen LogP contribution in [0.15, 0.2) is 67.0 Å². The van der Waals surface area contributed by atoms with Crippen LogP contribution in [0.4, 0.5) is 16.3 Å². The molecule has 1 fully saturated rings. The molecule has 3 heterocycles. The number of pyridine rings is 1. The van der Waals surface area contributed by atoms with E-state index in [1.165, 1.54) is 7.11 Å². The molecule has 2 aromatic heterocycles. The number of alkyl carbamates (subject to hydrolysis) is 1. The second kappa shape index (κ2) is 14.8. The predicted octanol–water partition coefficient (Wildman–Crippen LogP) is 5.99. The van der Waals surface area contributed by atoms with E-state index >= 15 is 0 Å². The number of hydrogen-bond acceptors (Lipinski definition) is 9. The number of para-hydroxylation sites is 1. The van der Waals surface area contributed by atoms with Crippen LogP contribution in [0.3, 0.4) is 0 Å². The molecule has 1 aliphatic rings. The number of benzene rings is 2. The number of nitrogens with zero attached hydrogens (tertiary/aromatic N) is 4. The summed E-state index contributed by atoms with van der Waals surface area (Å²) in [5, 5.41) is 17.5. The van der Waals surface area contributed by atoms with Crippen molar-refractivity contribution in [3.05, 3.63) is 78.1 Å². The van der Waals surface area contributed by atoms with Crippen LogP contribution in [-0.4, -0.2) is 83.9 Å². The summed E-state index contributed by atoms with van der Waals surface area (Å²) in [7, 11) is 1.32. The Bertz CT molecular complexity index is 1760. The number of ether oxygens (including phenoxy) is 2. The van der Waals surface area contributed by atoms with Crippen molar-refractivity contribution in [2.45, 2.75) is 64.8 Å². The van der Waals surface area contributed by atoms with Crippen molar-refractivity contribution in [2.24, 2.45) is 0 Å². The van der Waals surface area contributed by atoms with Gasteiger partial charge >= 0.3 is 12.1 Å². The van der Waals surface area contributed by atoms with Crippen LogP contribution in [-0.2, 0) is 15.9 Å². The molecule has 2 unspecified atom stereocenters. The van der Waals surface area contributed by atoms with Gasteiger partial charge in [0.1, 0.15) is 17.5 Å². The number of esters is 1. The highest BCUT2D eigenvalue weighted by molar-refractivity contribution is 5.97. The Morgan fingerprint density at radius 3 is 2.42 bits per heavy atom. The summed E-state index contributed by atoms with van der Waals surface area (Å²) in [6.45, 7) is 13.6. The molecular formula is C37H45N7O4. The highest BCUT2D eigenvalue weighted by Gasteiger charge is 2.29. The summed E-state index contributed by atoms with van der Waals surface area (Å²) in [5.74, 6) is 0.362. The first-order chi connectivity index (χ1) is 23.0. The molecule has 4 aromatic rings. The van der Waals surface area contributed by atoms with Gasteiger partial charge in [0.15, 0.2) is 0 Å². The molecule has 252 valence electrons. The molecule has 11 heteroatoms. The molecule has 5 rings (SSSR count). The number of nitriles is 1. The molecule has 1 amide bonds. The number of hydrogen-bond donors (Lipinski definition) is 3. The number of aromatic nitrogens is 2. The van der Waals surface area contributed by atoms with E-state index in [1.54, 1.807) is 32.9 Å². The highest BCUT2D eigenvalue weighted by atomic mass is 16.6. The Morgan fingerprint density at radius 2 is 1.77 bits per heavy atom. The van der Waals surface area contributed by atoms with E-state index in [2.05, 4.69) is 45.3 Å². The minimum Gasteiger partial charge on any atom is -0.465 e. The van der Waals surface area contributed by atoms with Crippen molar-refractivity contribution in [3.63, 3.8) is 0 Å². The molecule has 2 atom stereocenters. The number of aromatic amines is 1. The van der Waals surface area contributed by atoms with Crippen molar-refractivity contribution >= 4 is 34.5 Å². The number of H-pyrrole nitrogens is 1. The van der Waals surface area contributed by atoms with Gasteiger partial charge in [-0.25, -0.2) is 14.6 Å². The van der Waals surface area contributed by atoms with Gasteiger partial charge in [0.05, 0.1) is 24.8 Å². The van der Waals surface area contributed by atoms with Crippen molar-refractivity contribution in [3.8, 4) is 17.2 Å². The van der Waals surface area contributed by atoms with E-state index in [9.17, 15) is 14.9 Å². The fourth-order valence-corrected chi connectivity index (χ4v) is 5.98. The lowest BCUT2D eigenvalue weighted by atomic mass is 9.98. The van der Waals surface area contributed by atoms with Gasteiger partial charge in [0.25, 0.3) is 0 Å². The largest absolute Gasteiger partial charge is 0.465 e. The number of anilines is 2. The van der Waals surface area contributed by atoms with Crippen LogP contribution in [0.25, 0.3) is 22.0 Å². The van der Waals surface area contributed by atoms with Gasteiger partial charge in [0.2, 0.25) is 0 Å². The first-order valence-electron chi connectivity index (χ1n) is 16.3. The van der Waals surface area contributed by atoms with E-state index in [0.29, 0.717) is 18.2 Å². The van der Waals surface area contributed by atoms with Crippen LogP contribution >= 0.6 is 0 Å². The topological polar surface area (TPSA) is 136 Å². The summed E-state index contributed by atoms with van der Waals surface area (Å²) in [5.41, 5.74) is 3.43. The molecule has 0 aliphatic carbocycles. The van der Waals surface area contributed by atoms with E-state index in [4.69, 9.17) is 14.5 Å². The Balaban J connectivity index is 1.39. The lowest BCUT2D eigenvalue weighted by molar-refractivity contribution is 0.0501. The lowest BCUT2D eigenvalue weighted by Crippen LogP contribution is -2.49. The summed E-state index contributed by atoms with van der Waals surface area (Å²) < 4.78 is 10.7. The molecule has 0 spiro atoms. The lowest BCUT2D eigenvalue weighted by Gasteiger charge is -2.37. The number of piperazine rings is 1. The number of carbonyl (C=O) groups excluding carboxylic acids is 2. The predicted molar refractivity (Wildman–Crippen MR) is 188 cm³/mol. The monoisotopic (exact) mass is 651 g/mol. The van der Waals surface area contributed by atoms with Crippen molar-refractivity contribution < 1.29 is 19.1 Å². The van der Waals surface area contributed by atoms with Crippen molar-refractivity contribution in [1.29, 1.82) is 5.26 Å². The summed E-state index contributed by atoms with van der Waals surface area (Å²) in [6, 6.07) is 18.4. The van der Waals surface area contributed by atoms with Gasteiger partial charge in [-0.1, -0.05) is 24.3 Å². The Kier molecular flexibility index (Phi) is 10.5. The third-order valence-corrected chi connectivity index (χ3v) is 8.54. The van der Waals surface area contributed by atoms with E-state index < -0.39 is 29.7 Å². The van der Waals surface area contributed by atoms with Crippen LogP contribution in [0, 0.1) is 11.3 Å². The quantitative estimate of drug-likeness (QED) is 0.177. The fraction of sp³-hybridized carbons (Fsp3) is 0.405. The van der Waals surface area contributed by atoms with Gasteiger partial charge in [-0.3, -0.25) is 4.90 Å².